The van der Waals surface area contributed by atoms with E-state index in [0.29, 0.717) is 6.42 Å². The first kappa shape index (κ1) is 11.7. The molecule has 0 radical (unpaired) electrons. The molecule has 58 valence electrons. The molecule has 0 aliphatic carbocycles. The van der Waals surface area contributed by atoms with Crippen molar-refractivity contribution in [1.82, 2.24) is 0 Å². The molecule has 0 aliphatic heterocycles. The Morgan fingerprint density at radius 2 is 1.90 bits per heavy atom. The van der Waals surface area contributed by atoms with E-state index in [1.54, 1.807) is 6.08 Å². The molecule has 0 aliphatic rings. The molecule has 0 atom stereocenters. The maximum atomic E-state index is 9.25. The number of aliphatic carboxylic acids is 1. The van der Waals surface area contributed by atoms with Gasteiger partial charge in [0, 0.05) is 12.7 Å². The second-order valence-electron chi connectivity index (χ2n) is 1.34. The minimum absolute atomic E-state index is 0.226. The third-order valence-electron chi connectivity index (χ3n) is 0.508. The molecule has 0 rings (SSSR count). The Kier molecular flexibility index (Phi) is 12.6. The molecule has 0 spiro atoms. The van der Waals surface area contributed by atoms with E-state index in [1.165, 1.54) is 0 Å². The maximum Gasteiger partial charge on any atom is 0.327 e. The Morgan fingerprint density at radius 3 is 1.90 bits per heavy atom. The molecule has 0 amide bonds. The van der Waals surface area contributed by atoms with Gasteiger partial charge >= 0.3 is 5.97 Å². The van der Waals surface area contributed by atoms with Crippen molar-refractivity contribution in [3.05, 3.63) is 25.3 Å². The standard InChI is InChI=1S/C4H8O.C3H4O2/c1-2-3-4-5;1-2-3(4)5/h2,5H,1,3-4H2;2H,1H2,(H,4,5). The predicted molar refractivity (Wildman–Crippen MR) is 39.7 cm³/mol. The molecule has 0 aromatic carbocycles. The highest BCUT2D eigenvalue weighted by Gasteiger charge is 1.73. The molecule has 3 nitrogen and oxygen atoms in total. The maximum absolute atomic E-state index is 9.25. The van der Waals surface area contributed by atoms with Gasteiger partial charge in [-0.15, -0.1) is 6.58 Å². The molecule has 0 saturated carbocycles. The van der Waals surface area contributed by atoms with Crippen LogP contribution in [0.4, 0.5) is 0 Å². The van der Waals surface area contributed by atoms with E-state index < -0.39 is 5.97 Å². The zero-order valence-corrected chi connectivity index (χ0v) is 5.79. The van der Waals surface area contributed by atoms with Gasteiger partial charge in [0.05, 0.1) is 0 Å². The van der Waals surface area contributed by atoms with E-state index >= 15 is 0 Å². The summed E-state index contributed by atoms with van der Waals surface area (Å²) in [6.07, 6.45) is 3.22. The molecule has 10 heavy (non-hydrogen) atoms. The predicted octanol–water partition coefficient (Wildman–Crippen LogP) is 0.812. The number of carboxylic acids is 1. The molecule has 3 heteroatoms. The highest BCUT2D eigenvalue weighted by molar-refractivity contribution is 5.78. The van der Waals surface area contributed by atoms with Crippen LogP contribution in [-0.2, 0) is 4.79 Å². The summed E-state index contributed by atoms with van der Waals surface area (Å²) in [6, 6.07) is 0. The van der Waals surface area contributed by atoms with Crippen LogP contribution in [0.3, 0.4) is 0 Å². The second-order valence-corrected chi connectivity index (χ2v) is 1.34. The Balaban J connectivity index is 0. The molecule has 0 unspecified atom stereocenters. The summed E-state index contributed by atoms with van der Waals surface area (Å²) >= 11 is 0. The van der Waals surface area contributed by atoms with Gasteiger partial charge in [0.2, 0.25) is 0 Å². The number of aliphatic hydroxyl groups is 1. The summed E-state index contributed by atoms with van der Waals surface area (Å²) < 4.78 is 0. The summed E-state index contributed by atoms with van der Waals surface area (Å²) in [5.41, 5.74) is 0. The topological polar surface area (TPSA) is 57.5 Å². The fourth-order valence-corrected chi connectivity index (χ4v) is 0.0913. The van der Waals surface area contributed by atoms with Crippen LogP contribution in [0.1, 0.15) is 6.42 Å². The van der Waals surface area contributed by atoms with Crippen LogP contribution >= 0.6 is 0 Å². The number of hydrogen-bond acceptors (Lipinski definition) is 2. The third-order valence-corrected chi connectivity index (χ3v) is 0.508. The second kappa shape index (κ2) is 10.8. The van der Waals surface area contributed by atoms with E-state index in [1.807, 2.05) is 0 Å². The van der Waals surface area contributed by atoms with E-state index in [9.17, 15) is 4.79 Å². The van der Waals surface area contributed by atoms with Crippen LogP contribution in [0.15, 0.2) is 25.3 Å². The van der Waals surface area contributed by atoms with Crippen molar-refractivity contribution >= 4 is 5.97 Å². The molecule has 0 bridgehead atoms. The van der Waals surface area contributed by atoms with E-state index in [0.717, 1.165) is 6.08 Å². The minimum Gasteiger partial charge on any atom is -0.478 e. The molecule has 0 saturated heterocycles. The Bertz CT molecular complexity index is 107. The van der Waals surface area contributed by atoms with Crippen molar-refractivity contribution in [3.63, 3.8) is 0 Å². The summed E-state index contributed by atoms with van der Waals surface area (Å²) in [6.45, 7) is 6.58. The summed E-state index contributed by atoms with van der Waals surface area (Å²) in [4.78, 5) is 9.25. The monoisotopic (exact) mass is 144 g/mol. The van der Waals surface area contributed by atoms with Gasteiger partial charge < -0.3 is 10.2 Å². The lowest BCUT2D eigenvalue weighted by molar-refractivity contribution is -0.131. The van der Waals surface area contributed by atoms with Gasteiger partial charge in [-0.05, 0) is 6.42 Å². The first-order valence-corrected chi connectivity index (χ1v) is 2.76. The lowest BCUT2D eigenvalue weighted by Crippen LogP contribution is -1.82. The number of carboxylic acid groups (broad SMARTS) is 1. The fourth-order valence-electron chi connectivity index (χ4n) is 0.0913. The van der Waals surface area contributed by atoms with Crippen LogP contribution < -0.4 is 0 Å². The van der Waals surface area contributed by atoms with Crippen LogP contribution in [0.5, 0.6) is 0 Å². The van der Waals surface area contributed by atoms with Crippen molar-refractivity contribution in [2.45, 2.75) is 6.42 Å². The van der Waals surface area contributed by atoms with Gasteiger partial charge in [-0.25, -0.2) is 4.79 Å². The number of aliphatic hydroxyl groups excluding tert-OH is 1. The molecule has 0 fully saturated rings. The normalized spacial score (nSPS) is 6.90. The molecule has 0 heterocycles. The van der Waals surface area contributed by atoms with E-state index in [4.69, 9.17) is 10.2 Å². The van der Waals surface area contributed by atoms with Gasteiger partial charge in [-0.3, -0.25) is 0 Å². The van der Waals surface area contributed by atoms with Gasteiger partial charge in [0.1, 0.15) is 0 Å². The fraction of sp³-hybridized carbons (Fsp3) is 0.286. The van der Waals surface area contributed by atoms with Crippen molar-refractivity contribution in [3.8, 4) is 0 Å². The first-order chi connectivity index (χ1) is 4.68. The van der Waals surface area contributed by atoms with Gasteiger partial charge in [-0.2, -0.15) is 0 Å². The smallest absolute Gasteiger partial charge is 0.327 e. The van der Waals surface area contributed by atoms with Crippen molar-refractivity contribution in [2.75, 3.05) is 6.61 Å². The number of rotatable bonds is 3. The first-order valence-electron chi connectivity index (χ1n) is 2.76. The number of hydrogen-bond donors (Lipinski definition) is 2. The van der Waals surface area contributed by atoms with Crippen LogP contribution in [0.2, 0.25) is 0 Å². The van der Waals surface area contributed by atoms with Crippen LogP contribution in [-0.4, -0.2) is 22.8 Å². The summed E-state index contributed by atoms with van der Waals surface area (Å²) in [5.74, 6) is -0.981. The van der Waals surface area contributed by atoms with Crippen molar-refractivity contribution < 1.29 is 15.0 Å². The molecule has 0 aromatic rings. The van der Waals surface area contributed by atoms with Crippen LogP contribution in [0.25, 0.3) is 0 Å². The minimum atomic E-state index is -0.981. The Labute approximate surface area is 60.3 Å². The summed E-state index contributed by atoms with van der Waals surface area (Å²) in [7, 11) is 0. The quantitative estimate of drug-likeness (QED) is 0.455. The Hall–Kier alpha value is -1.09. The molecular formula is C7H12O3. The SMILES string of the molecule is C=CC(=O)O.C=CCCO. The van der Waals surface area contributed by atoms with Crippen molar-refractivity contribution in [2.24, 2.45) is 0 Å². The average molecular weight is 144 g/mol. The zero-order valence-electron chi connectivity index (χ0n) is 5.79. The Morgan fingerprint density at radius 1 is 1.50 bits per heavy atom. The zero-order chi connectivity index (χ0) is 8.41. The molecule has 2 N–H and O–H groups in total. The summed E-state index contributed by atoms with van der Waals surface area (Å²) in [5, 5.41) is 15.6. The highest BCUT2D eigenvalue weighted by atomic mass is 16.4. The largest absolute Gasteiger partial charge is 0.478 e. The number of carbonyl (C=O) groups is 1. The molecule has 0 aromatic heterocycles. The van der Waals surface area contributed by atoms with E-state index in [-0.39, 0.29) is 6.61 Å². The highest BCUT2D eigenvalue weighted by Crippen LogP contribution is 1.69. The molecular weight excluding hydrogens is 132 g/mol. The lowest BCUT2D eigenvalue weighted by Gasteiger charge is -1.73. The average Bonchev–Trinajstić information content (AvgIpc) is 1.91. The lowest BCUT2D eigenvalue weighted by atomic mass is 10.5. The van der Waals surface area contributed by atoms with Gasteiger partial charge in [0.15, 0.2) is 0 Å². The van der Waals surface area contributed by atoms with Crippen LogP contribution in [0, 0.1) is 0 Å². The van der Waals surface area contributed by atoms with E-state index in [2.05, 4.69) is 13.2 Å². The third kappa shape index (κ3) is 28.5. The van der Waals surface area contributed by atoms with Gasteiger partial charge in [-0.1, -0.05) is 12.7 Å². The van der Waals surface area contributed by atoms with Crippen molar-refractivity contribution in [1.29, 1.82) is 0 Å². The van der Waals surface area contributed by atoms with Gasteiger partial charge in [0.25, 0.3) is 0 Å².